The maximum atomic E-state index is 4.18. The van der Waals surface area contributed by atoms with Crippen LogP contribution in [-0.2, 0) is 13.6 Å². The first-order chi connectivity index (χ1) is 9.24. The Hall–Kier alpha value is -2.04. The van der Waals surface area contributed by atoms with E-state index in [0.29, 0.717) is 6.54 Å². The van der Waals surface area contributed by atoms with Crippen LogP contribution in [0.3, 0.4) is 0 Å². The second-order valence-corrected chi connectivity index (χ2v) is 4.37. The van der Waals surface area contributed by atoms with Crippen LogP contribution in [0.2, 0.25) is 0 Å². The molecule has 1 aromatic carbocycles. The molecule has 19 heavy (non-hydrogen) atoms. The summed E-state index contributed by atoms with van der Waals surface area (Å²) in [6, 6.07) is 8.49. The fourth-order valence-electron chi connectivity index (χ4n) is 2.04. The van der Waals surface area contributed by atoms with E-state index >= 15 is 0 Å². The Balaban J connectivity index is 1.97. The molecular weight excluding hydrogens is 238 g/mol. The van der Waals surface area contributed by atoms with Crippen LogP contribution < -0.4 is 10.2 Å². The van der Waals surface area contributed by atoms with E-state index < -0.39 is 0 Å². The first-order valence-electron chi connectivity index (χ1n) is 6.66. The second-order valence-electron chi connectivity index (χ2n) is 4.37. The minimum Gasteiger partial charge on any atom is -0.378 e. The van der Waals surface area contributed by atoms with Crippen LogP contribution in [0.5, 0.6) is 0 Å². The van der Waals surface area contributed by atoms with Crippen molar-refractivity contribution in [2.45, 2.75) is 20.4 Å². The van der Waals surface area contributed by atoms with Gasteiger partial charge in [-0.05, 0) is 38.1 Å². The van der Waals surface area contributed by atoms with Gasteiger partial charge in [-0.2, -0.15) is 5.10 Å². The Bertz CT molecular complexity index is 499. The van der Waals surface area contributed by atoms with E-state index in [2.05, 4.69) is 58.4 Å². The highest BCUT2D eigenvalue weighted by atomic mass is 15.3. The van der Waals surface area contributed by atoms with E-state index in [1.165, 1.54) is 5.69 Å². The number of rotatable bonds is 6. The highest BCUT2D eigenvalue weighted by Crippen LogP contribution is 2.17. The summed E-state index contributed by atoms with van der Waals surface area (Å²) in [7, 11) is 1.90. The Kier molecular flexibility index (Phi) is 4.39. The van der Waals surface area contributed by atoms with Gasteiger partial charge < -0.3 is 10.2 Å². The molecular formula is C14H21N5. The van der Waals surface area contributed by atoms with Gasteiger partial charge in [-0.1, -0.05) is 0 Å². The van der Waals surface area contributed by atoms with Gasteiger partial charge in [-0.25, -0.2) is 4.98 Å². The lowest BCUT2D eigenvalue weighted by Gasteiger charge is -2.21. The summed E-state index contributed by atoms with van der Waals surface area (Å²) in [5, 5.41) is 7.40. The molecule has 2 aromatic rings. The molecule has 2 rings (SSSR count). The summed E-state index contributed by atoms with van der Waals surface area (Å²) in [6.07, 6.45) is 1.57. The first kappa shape index (κ1) is 13.4. The average Bonchev–Trinajstić information content (AvgIpc) is 2.85. The minimum absolute atomic E-state index is 0.682. The Morgan fingerprint density at radius 1 is 1.16 bits per heavy atom. The van der Waals surface area contributed by atoms with Crippen molar-refractivity contribution in [3.8, 4) is 0 Å². The molecule has 0 radical (unpaired) electrons. The van der Waals surface area contributed by atoms with E-state index in [4.69, 9.17) is 0 Å². The van der Waals surface area contributed by atoms with Gasteiger partial charge in [0, 0.05) is 31.5 Å². The predicted molar refractivity (Wildman–Crippen MR) is 78.3 cm³/mol. The molecule has 0 aliphatic carbocycles. The third-order valence-corrected chi connectivity index (χ3v) is 3.25. The number of anilines is 2. The molecule has 0 fully saturated rings. The molecule has 1 N–H and O–H groups in total. The van der Waals surface area contributed by atoms with Crippen LogP contribution in [0.1, 0.15) is 19.7 Å². The molecule has 0 aliphatic rings. The van der Waals surface area contributed by atoms with E-state index in [9.17, 15) is 0 Å². The summed E-state index contributed by atoms with van der Waals surface area (Å²) >= 11 is 0. The molecule has 0 spiro atoms. The molecule has 0 saturated carbocycles. The number of hydrogen-bond acceptors (Lipinski definition) is 4. The van der Waals surface area contributed by atoms with Crippen LogP contribution in [-0.4, -0.2) is 27.9 Å². The van der Waals surface area contributed by atoms with Crippen LogP contribution in [0.4, 0.5) is 11.4 Å². The van der Waals surface area contributed by atoms with Crippen molar-refractivity contribution >= 4 is 11.4 Å². The van der Waals surface area contributed by atoms with Crippen molar-refractivity contribution in [3.05, 3.63) is 36.4 Å². The molecule has 0 unspecified atom stereocenters. The van der Waals surface area contributed by atoms with E-state index in [1.54, 1.807) is 11.0 Å². The fraction of sp³-hybridized carbons (Fsp3) is 0.429. The molecule has 1 aromatic heterocycles. The third-order valence-electron chi connectivity index (χ3n) is 3.25. The topological polar surface area (TPSA) is 46.0 Å². The zero-order chi connectivity index (χ0) is 13.7. The van der Waals surface area contributed by atoms with Gasteiger partial charge in [0.25, 0.3) is 0 Å². The first-order valence-corrected chi connectivity index (χ1v) is 6.66. The summed E-state index contributed by atoms with van der Waals surface area (Å²) < 4.78 is 1.78. The molecule has 0 bridgehead atoms. The summed E-state index contributed by atoms with van der Waals surface area (Å²) in [5.74, 6) is 0.924. The van der Waals surface area contributed by atoms with Gasteiger partial charge >= 0.3 is 0 Å². The van der Waals surface area contributed by atoms with Gasteiger partial charge in [-0.15, -0.1) is 0 Å². The number of benzene rings is 1. The number of nitrogens with one attached hydrogen (secondary N) is 1. The monoisotopic (exact) mass is 259 g/mol. The highest BCUT2D eigenvalue weighted by Gasteiger charge is 2.02. The Labute approximate surface area is 114 Å². The summed E-state index contributed by atoms with van der Waals surface area (Å²) in [6.45, 7) is 7.08. The van der Waals surface area contributed by atoms with Gasteiger partial charge in [-0.3, -0.25) is 4.68 Å². The largest absolute Gasteiger partial charge is 0.378 e. The highest BCUT2D eigenvalue weighted by molar-refractivity contribution is 5.55. The molecule has 102 valence electrons. The number of aryl methyl sites for hydroxylation is 1. The quantitative estimate of drug-likeness (QED) is 0.864. The molecule has 1 heterocycles. The van der Waals surface area contributed by atoms with Crippen molar-refractivity contribution in [2.75, 3.05) is 23.3 Å². The van der Waals surface area contributed by atoms with Crippen molar-refractivity contribution in [3.63, 3.8) is 0 Å². The van der Waals surface area contributed by atoms with Crippen molar-refractivity contribution in [1.82, 2.24) is 14.8 Å². The maximum absolute atomic E-state index is 4.18. The standard InChI is InChI=1S/C14H21N5/c1-4-19(5-2)13-8-6-12(7-9-13)15-10-14-16-11-17-18(14)3/h6-9,11,15H,4-5,10H2,1-3H3. The summed E-state index contributed by atoms with van der Waals surface area (Å²) in [5.41, 5.74) is 2.35. The van der Waals surface area contributed by atoms with Crippen LogP contribution in [0.25, 0.3) is 0 Å². The maximum Gasteiger partial charge on any atom is 0.145 e. The Morgan fingerprint density at radius 3 is 2.37 bits per heavy atom. The minimum atomic E-state index is 0.682. The van der Waals surface area contributed by atoms with Crippen LogP contribution >= 0.6 is 0 Å². The lowest BCUT2D eigenvalue weighted by Crippen LogP contribution is -2.21. The number of aromatic nitrogens is 3. The van der Waals surface area contributed by atoms with Crippen molar-refractivity contribution < 1.29 is 0 Å². The van der Waals surface area contributed by atoms with Gasteiger partial charge in [0.2, 0.25) is 0 Å². The van der Waals surface area contributed by atoms with Gasteiger partial charge in [0.15, 0.2) is 0 Å². The molecule has 0 saturated heterocycles. The smallest absolute Gasteiger partial charge is 0.145 e. The lowest BCUT2D eigenvalue weighted by molar-refractivity contribution is 0.712. The SMILES string of the molecule is CCN(CC)c1ccc(NCc2ncnn2C)cc1. The van der Waals surface area contributed by atoms with Crippen LogP contribution in [0, 0.1) is 0 Å². The zero-order valence-electron chi connectivity index (χ0n) is 11.8. The Morgan fingerprint density at radius 2 is 1.84 bits per heavy atom. The summed E-state index contributed by atoms with van der Waals surface area (Å²) in [4.78, 5) is 6.51. The van der Waals surface area contributed by atoms with Crippen molar-refractivity contribution in [1.29, 1.82) is 0 Å². The third kappa shape index (κ3) is 3.24. The molecule has 0 atom stereocenters. The fourth-order valence-corrected chi connectivity index (χ4v) is 2.04. The molecule has 0 amide bonds. The van der Waals surface area contributed by atoms with E-state index in [0.717, 1.165) is 24.6 Å². The van der Waals surface area contributed by atoms with Gasteiger partial charge in [0.05, 0.1) is 6.54 Å². The molecule has 5 nitrogen and oxygen atoms in total. The second kappa shape index (κ2) is 6.22. The zero-order valence-corrected chi connectivity index (χ0v) is 11.8. The van der Waals surface area contributed by atoms with E-state index in [-0.39, 0.29) is 0 Å². The predicted octanol–water partition coefficient (Wildman–Crippen LogP) is 2.27. The average molecular weight is 259 g/mol. The number of nitrogens with zero attached hydrogens (tertiary/aromatic N) is 4. The van der Waals surface area contributed by atoms with Crippen molar-refractivity contribution in [2.24, 2.45) is 7.05 Å². The molecule has 0 aliphatic heterocycles. The lowest BCUT2D eigenvalue weighted by atomic mass is 10.2. The van der Waals surface area contributed by atoms with Gasteiger partial charge in [0.1, 0.15) is 12.2 Å². The normalized spacial score (nSPS) is 10.5. The van der Waals surface area contributed by atoms with Crippen LogP contribution in [0.15, 0.2) is 30.6 Å². The van der Waals surface area contributed by atoms with E-state index in [1.807, 2.05) is 7.05 Å². The molecule has 5 heteroatoms. The number of hydrogen-bond donors (Lipinski definition) is 1.